The fourth-order valence-electron chi connectivity index (χ4n) is 9.14. The van der Waals surface area contributed by atoms with E-state index >= 15 is 0 Å². The monoisotopic (exact) mass is 418 g/mol. The van der Waals surface area contributed by atoms with E-state index in [1.807, 2.05) is 13.8 Å². The molecule has 4 aliphatic carbocycles. The number of fused-ring (bicyclic) bond motifs is 5. The van der Waals surface area contributed by atoms with Crippen LogP contribution in [0, 0.1) is 46.3 Å². The van der Waals surface area contributed by atoms with Crippen LogP contribution < -0.4 is 0 Å². The first-order valence-electron chi connectivity index (χ1n) is 12.9. The molecule has 0 bridgehead atoms. The van der Waals surface area contributed by atoms with Gasteiger partial charge in [0.05, 0.1) is 5.60 Å². The number of carbonyl (C=O) groups excluding carboxylic acids is 1. The highest BCUT2D eigenvalue weighted by atomic mass is 16.3. The van der Waals surface area contributed by atoms with Crippen molar-refractivity contribution in [1.82, 2.24) is 0 Å². The summed E-state index contributed by atoms with van der Waals surface area (Å²) in [5, 5.41) is 20.2. The predicted molar refractivity (Wildman–Crippen MR) is 121 cm³/mol. The number of aliphatic hydroxyl groups excluding tert-OH is 1. The van der Waals surface area contributed by atoms with Crippen LogP contribution in [-0.4, -0.2) is 27.7 Å². The fraction of sp³-hybridized carbons (Fsp3) is 0.963. The fourth-order valence-corrected chi connectivity index (χ4v) is 9.14. The number of carbonyl (C=O) groups is 1. The molecular formula is C27H46O3. The quantitative estimate of drug-likeness (QED) is 0.596. The van der Waals surface area contributed by atoms with Gasteiger partial charge in [0.15, 0.2) is 5.78 Å². The Hall–Kier alpha value is -0.410. The molecule has 4 fully saturated rings. The first kappa shape index (κ1) is 22.8. The first-order valence-corrected chi connectivity index (χ1v) is 12.9. The van der Waals surface area contributed by atoms with Crippen LogP contribution in [0.4, 0.5) is 0 Å². The normalized spacial score (nSPS) is 47.4. The maximum absolute atomic E-state index is 12.8. The molecular weight excluding hydrogens is 372 g/mol. The molecule has 0 spiro atoms. The van der Waals surface area contributed by atoms with Crippen molar-refractivity contribution in [1.29, 1.82) is 0 Å². The summed E-state index contributed by atoms with van der Waals surface area (Å²) in [6.45, 7) is 11.3. The van der Waals surface area contributed by atoms with E-state index in [0.29, 0.717) is 17.8 Å². The summed E-state index contributed by atoms with van der Waals surface area (Å²) < 4.78 is 0. The van der Waals surface area contributed by atoms with E-state index in [-0.39, 0.29) is 17.1 Å². The highest BCUT2D eigenvalue weighted by Crippen LogP contribution is 2.68. The minimum absolute atomic E-state index is 0.102. The van der Waals surface area contributed by atoms with Crippen molar-refractivity contribution in [3.8, 4) is 0 Å². The number of hydrogen-bond donors (Lipinski definition) is 2. The number of rotatable bonds is 5. The van der Waals surface area contributed by atoms with Crippen LogP contribution in [0.1, 0.15) is 105 Å². The molecule has 4 saturated carbocycles. The average Bonchev–Trinajstić information content (AvgIpc) is 3.01. The first-order chi connectivity index (χ1) is 14.0. The van der Waals surface area contributed by atoms with Crippen LogP contribution >= 0.6 is 0 Å². The number of Topliss-reactive ketones (excluding diaryl/α,β-unsaturated/α-hetero) is 1. The van der Waals surface area contributed by atoms with E-state index in [1.54, 1.807) is 0 Å². The Morgan fingerprint density at radius 1 is 1.00 bits per heavy atom. The van der Waals surface area contributed by atoms with Crippen molar-refractivity contribution in [2.24, 2.45) is 46.3 Å². The lowest BCUT2D eigenvalue weighted by atomic mass is 9.44. The lowest BCUT2D eigenvalue weighted by Gasteiger charge is -2.60. The Bertz CT molecular complexity index is 651. The van der Waals surface area contributed by atoms with E-state index in [2.05, 4.69) is 20.8 Å². The molecule has 4 rings (SSSR count). The lowest BCUT2D eigenvalue weighted by Crippen LogP contribution is -2.57. The minimum Gasteiger partial charge on any atom is -0.390 e. The van der Waals surface area contributed by atoms with Gasteiger partial charge in [0.2, 0.25) is 0 Å². The van der Waals surface area contributed by atoms with Crippen LogP contribution in [-0.2, 0) is 4.79 Å². The van der Waals surface area contributed by atoms with Gasteiger partial charge < -0.3 is 10.2 Å². The van der Waals surface area contributed by atoms with E-state index in [4.69, 9.17) is 0 Å². The van der Waals surface area contributed by atoms with Crippen LogP contribution in [0.5, 0.6) is 0 Å². The van der Waals surface area contributed by atoms with E-state index in [1.165, 1.54) is 38.5 Å². The second kappa shape index (κ2) is 7.87. The molecule has 0 heterocycles. The zero-order chi connectivity index (χ0) is 21.9. The van der Waals surface area contributed by atoms with Crippen LogP contribution in [0.3, 0.4) is 0 Å². The highest BCUT2D eigenvalue weighted by Gasteiger charge is 2.61. The summed E-state index contributed by atoms with van der Waals surface area (Å²) in [6.07, 6.45) is 11.8. The van der Waals surface area contributed by atoms with Gasteiger partial charge in [-0.15, -0.1) is 0 Å². The maximum Gasteiger partial charge on any atom is 0.164 e. The minimum atomic E-state index is -0.700. The highest BCUT2D eigenvalue weighted by molar-refractivity contribution is 5.86. The van der Waals surface area contributed by atoms with Crippen LogP contribution in [0.25, 0.3) is 0 Å². The molecule has 9 atom stereocenters. The second-order valence-corrected chi connectivity index (χ2v) is 12.9. The predicted octanol–water partition coefficient (Wildman–Crippen LogP) is 5.76. The van der Waals surface area contributed by atoms with Gasteiger partial charge in [0.25, 0.3) is 0 Å². The summed E-state index contributed by atoms with van der Waals surface area (Å²) in [5.41, 5.74) is 0.0344. The van der Waals surface area contributed by atoms with Gasteiger partial charge in [-0.3, -0.25) is 4.79 Å². The maximum atomic E-state index is 12.8. The number of aliphatic hydroxyl groups is 2. The smallest absolute Gasteiger partial charge is 0.164 e. The third kappa shape index (κ3) is 3.70. The second-order valence-electron chi connectivity index (χ2n) is 12.9. The standard InChI is InChI=1S/C27H46O3/c1-17(7-6-14-25(2,3)30)19-10-11-20-18-8-9-22-24(29)23(28)13-16-27(22,5)21(18)12-15-26(19,20)4/h17-23,28,30H,6-16H2,1-5H3/t17-,18+,19-,20+,21+,22+,23+,26-,27-/m1/s1. The summed E-state index contributed by atoms with van der Waals surface area (Å²) in [7, 11) is 0. The molecule has 0 aliphatic heterocycles. The lowest BCUT2D eigenvalue weighted by molar-refractivity contribution is -0.160. The van der Waals surface area contributed by atoms with Gasteiger partial charge in [-0.25, -0.2) is 0 Å². The van der Waals surface area contributed by atoms with Crippen molar-refractivity contribution in [2.75, 3.05) is 0 Å². The summed E-state index contributed by atoms with van der Waals surface area (Å²) >= 11 is 0. The van der Waals surface area contributed by atoms with Crippen LogP contribution in [0.2, 0.25) is 0 Å². The van der Waals surface area contributed by atoms with Gasteiger partial charge in [-0.2, -0.15) is 0 Å². The topological polar surface area (TPSA) is 57.5 Å². The van der Waals surface area contributed by atoms with Gasteiger partial charge in [0, 0.05) is 5.92 Å². The Kier molecular flexibility index (Phi) is 5.97. The zero-order valence-corrected chi connectivity index (χ0v) is 20.1. The molecule has 0 radical (unpaired) electrons. The molecule has 172 valence electrons. The number of hydrogen-bond acceptors (Lipinski definition) is 3. The molecule has 0 amide bonds. The summed E-state index contributed by atoms with van der Waals surface area (Å²) in [6, 6.07) is 0. The molecule has 3 heteroatoms. The average molecular weight is 419 g/mol. The molecule has 2 N–H and O–H groups in total. The van der Waals surface area contributed by atoms with Crippen molar-refractivity contribution in [3.05, 3.63) is 0 Å². The molecule has 0 aromatic carbocycles. The third-order valence-electron chi connectivity index (χ3n) is 10.7. The molecule has 4 aliphatic rings. The Balaban J connectivity index is 1.47. The van der Waals surface area contributed by atoms with Crippen LogP contribution in [0.15, 0.2) is 0 Å². The van der Waals surface area contributed by atoms with Crippen molar-refractivity contribution < 1.29 is 15.0 Å². The molecule has 0 saturated heterocycles. The largest absolute Gasteiger partial charge is 0.390 e. The number of ketones is 1. The molecule has 0 aromatic heterocycles. The Morgan fingerprint density at radius 2 is 1.67 bits per heavy atom. The Morgan fingerprint density at radius 3 is 2.37 bits per heavy atom. The van der Waals surface area contributed by atoms with Crippen molar-refractivity contribution in [2.45, 2.75) is 117 Å². The van der Waals surface area contributed by atoms with Gasteiger partial charge in [-0.05, 0) is 112 Å². The van der Waals surface area contributed by atoms with Crippen molar-refractivity contribution in [3.63, 3.8) is 0 Å². The summed E-state index contributed by atoms with van der Waals surface area (Å²) in [5.74, 6) is 4.07. The molecule has 30 heavy (non-hydrogen) atoms. The molecule has 3 nitrogen and oxygen atoms in total. The van der Waals surface area contributed by atoms with E-state index in [9.17, 15) is 15.0 Å². The van der Waals surface area contributed by atoms with E-state index in [0.717, 1.165) is 49.4 Å². The molecule has 0 aromatic rings. The summed E-state index contributed by atoms with van der Waals surface area (Å²) in [4.78, 5) is 12.8. The van der Waals surface area contributed by atoms with Crippen molar-refractivity contribution >= 4 is 5.78 Å². The van der Waals surface area contributed by atoms with E-state index < -0.39 is 11.7 Å². The zero-order valence-electron chi connectivity index (χ0n) is 20.1. The van der Waals surface area contributed by atoms with Gasteiger partial charge >= 0.3 is 0 Å². The Labute approximate surface area is 184 Å². The SMILES string of the molecule is C[C@H](CCCC(C)(C)O)[C@H]1CC[C@H]2[C@@H]3CC[C@H]4C(=O)[C@@H](O)CC[C@]4(C)[C@H]3CC[C@]12C. The third-order valence-corrected chi connectivity index (χ3v) is 10.7. The van der Waals surface area contributed by atoms with Gasteiger partial charge in [0.1, 0.15) is 6.10 Å². The molecule has 0 unspecified atom stereocenters. The van der Waals surface area contributed by atoms with Gasteiger partial charge in [-0.1, -0.05) is 33.6 Å².